The van der Waals surface area contributed by atoms with Gasteiger partial charge in [-0.1, -0.05) is 79.4 Å². The quantitative estimate of drug-likeness (QED) is 0.0702. The molecule has 3 fully saturated rings. The molecule has 0 heterocycles. The lowest BCUT2D eigenvalue weighted by Crippen LogP contribution is -2.51. The van der Waals surface area contributed by atoms with Crippen molar-refractivity contribution in [2.75, 3.05) is 26.2 Å². The van der Waals surface area contributed by atoms with Crippen LogP contribution in [-0.4, -0.2) is 43.2 Å². The van der Waals surface area contributed by atoms with Gasteiger partial charge in [-0.05, 0) is 172 Å². The van der Waals surface area contributed by atoms with E-state index in [1.165, 1.54) is 51.4 Å². The Bertz CT molecular complexity index is 1560. The molecule has 4 aliphatic rings. The molecular formula is C48H71N3O3. The van der Waals surface area contributed by atoms with Crippen molar-refractivity contribution in [1.82, 2.24) is 4.90 Å². The number of benzene rings is 2. The van der Waals surface area contributed by atoms with Gasteiger partial charge in [0.1, 0.15) is 11.9 Å². The van der Waals surface area contributed by atoms with E-state index in [0.717, 1.165) is 98.7 Å². The lowest BCUT2D eigenvalue weighted by molar-refractivity contribution is -0.0594. The Hall–Kier alpha value is -2.99. The fourth-order valence-corrected chi connectivity index (χ4v) is 11.5. The maximum absolute atomic E-state index is 13.3. The van der Waals surface area contributed by atoms with Crippen molar-refractivity contribution in [1.29, 1.82) is 0 Å². The third-order valence-corrected chi connectivity index (χ3v) is 14.8. The van der Waals surface area contributed by atoms with Gasteiger partial charge in [-0.3, -0.25) is 0 Å². The Kier molecular flexibility index (Phi) is 13.8. The highest BCUT2D eigenvalue weighted by Gasteiger charge is 2.59. The third kappa shape index (κ3) is 9.33. The number of hydrogen-bond donors (Lipinski definition) is 0. The SMILES string of the molecule is CCN(CC)CCCCOc1ccc(N=Nc2ccc(C(=O)OC3CC[C@@]4(C)C(=CC[C@H]5[C@@H]6CC[C@H]([C@H](C)CCCC(C)C)[C@@]6(C)CC[C@@H]54)C3)cc2)cc1. The van der Waals surface area contributed by atoms with Gasteiger partial charge in [-0.25, -0.2) is 4.79 Å². The molecule has 54 heavy (non-hydrogen) atoms. The Morgan fingerprint density at radius 1 is 0.833 bits per heavy atom. The summed E-state index contributed by atoms with van der Waals surface area (Å²) in [6.07, 6.45) is 18.7. The zero-order chi connectivity index (χ0) is 38.3. The van der Waals surface area contributed by atoms with Crippen LogP contribution in [0.15, 0.2) is 70.4 Å². The van der Waals surface area contributed by atoms with E-state index in [0.29, 0.717) is 23.3 Å². The zero-order valence-electron chi connectivity index (χ0n) is 34.8. The molecule has 4 aliphatic carbocycles. The van der Waals surface area contributed by atoms with Gasteiger partial charge < -0.3 is 14.4 Å². The average molecular weight is 738 g/mol. The summed E-state index contributed by atoms with van der Waals surface area (Å²) in [5.41, 5.74) is 4.35. The Balaban J connectivity index is 0.971. The minimum absolute atomic E-state index is 0.0522. The summed E-state index contributed by atoms with van der Waals surface area (Å²) in [4.78, 5) is 15.7. The van der Waals surface area contributed by atoms with Crippen molar-refractivity contribution in [2.24, 2.45) is 56.6 Å². The van der Waals surface area contributed by atoms with E-state index in [1.54, 1.807) is 5.57 Å². The van der Waals surface area contributed by atoms with E-state index < -0.39 is 0 Å². The fourth-order valence-electron chi connectivity index (χ4n) is 11.5. The van der Waals surface area contributed by atoms with E-state index in [4.69, 9.17) is 9.47 Å². The first-order valence-electron chi connectivity index (χ1n) is 21.9. The summed E-state index contributed by atoms with van der Waals surface area (Å²) in [5.74, 6) is 5.62. The van der Waals surface area contributed by atoms with Crippen LogP contribution in [-0.2, 0) is 4.74 Å². The van der Waals surface area contributed by atoms with E-state index in [-0.39, 0.29) is 17.5 Å². The first kappa shape index (κ1) is 40.7. The molecule has 6 heteroatoms. The van der Waals surface area contributed by atoms with Crippen LogP contribution in [0, 0.1) is 46.3 Å². The largest absolute Gasteiger partial charge is 0.494 e. The van der Waals surface area contributed by atoms with Gasteiger partial charge in [0.2, 0.25) is 0 Å². The Morgan fingerprint density at radius 3 is 2.22 bits per heavy atom. The summed E-state index contributed by atoms with van der Waals surface area (Å²) in [5, 5.41) is 8.80. The number of nitrogens with zero attached hydrogens (tertiary/aromatic N) is 3. The first-order chi connectivity index (χ1) is 26.0. The number of fused-ring (bicyclic) bond motifs is 5. The number of rotatable bonds is 17. The molecule has 3 saturated carbocycles. The molecule has 0 N–H and O–H groups in total. The Labute approximate surface area is 328 Å². The average Bonchev–Trinajstić information content (AvgIpc) is 3.53. The number of ether oxygens (including phenoxy) is 2. The van der Waals surface area contributed by atoms with Crippen LogP contribution in [0.2, 0.25) is 0 Å². The van der Waals surface area contributed by atoms with Crippen LogP contribution < -0.4 is 4.74 Å². The van der Waals surface area contributed by atoms with Gasteiger partial charge in [-0.2, -0.15) is 10.2 Å². The van der Waals surface area contributed by atoms with Gasteiger partial charge >= 0.3 is 5.97 Å². The molecular weight excluding hydrogens is 667 g/mol. The number of unbranched alkanes of at least 4 members (excludes halogenated alkanes) is 1. The molecule has 1 unspecified atom stereocenters. The minimum atomic E-state index is -0.238. The molecule has 0 aliphatic heterocycles. The molecule has 6 nitrogen and oxygen atoms in total. The molecule has 2 aromatic rings. The summed E-state index contributed by atoms with van der Waals surface area (Å²) >= 11 is 0. The number of carbonyl (C=O) groups excluding carboxylic acids is 1. The second-order valence-corrected chi connectivity index (χ2v) is 18.4. The molecule has 0 saturated heterocycles. The van der Waals surface area contributed by atoms with Crippen molar-refractivity contribution in [3.05, 3.63) is 65.7 Å². The monoisotopic (exact) mass is 738 g/mol. The van der Waals surface area contributed by atoms with Crippen molar-refractivity contribution in [3.8, 4) is 5.75 Å². The summed E-state index contributed by atoms with van der Waals surface area (Å²) < 4.78 is 12.1. The van der Waals surface area contributed by atoms with Crippen LogP contribution in [0.25, 0.3) is 0 Å². The third-order valence-electron chi connectivity index (χ3n) is 14.8. The smallest absolute Gasteiger partial charge is 0.338 e. The predicted molar refractivity (Wildman–Crippen MR) is 222 cm³/mol. The molecule has 0 bridgehead atoms. The standard InChI is InChI=1S/C48H71N3O3/c1-8-51(9-2)31-10-11-32-53-40-22-20-39(21-23-40)50-49-38-18-15-36(16-19-38)46(52)54-41-27-29-47(6)37(33-41)17-24-42-44-26-25-43(35(5)14-12-13-34(3)4)48(44,7)30-28-45(42)47/h15-23,34-35,41-45H,8-14,24-33H2,1-7H3/t35-,41?,42+,43-,44+,45+,47+,48-/m1/s1. The number of esters is 1. The molecule has 2 aromatic carbocycles. The highest BCUT2D eigenvalue weighted by atomic mass is 16.5. The topological polar surface area (TPSA) is 63.5 Å². The second kappa shape index (κ2) is 18.3. The van der Waals surface area contributed by atoms with Gasteiger partial charge in [-0.15, -0.1) is 0 Å². The molecule has 0 amide bonds. The van der Waals surface area contributed by atoms with Crippen molar-refractivity contribution in [2.45, 2.75) is 138 Å². The molecule has 296 valence electrons. The van der Waals surface area contributed by atoms with E-state index in [9.17, 15) is 4.79 Å². The molecule has 0 spiro atoms. The lowest BCUT2D eigenvalue weighted by atomic mass is 9.47. The van der Waals surface area contributed by atoms with Gasteiger partial charge in [0.15, 0.2) is 0 Å². The van der Waals surface area contributed by atoms with Gasteiger partial charge in [0.05, 0.1) is 23.5 Å². The maximum atomic E-state index is 13.3. The van der Waals surface area contributed by atoms with Crippen LogP contribution in [0.4, 0.5) is 11.4 Å². The molecule has 0 radical (unpaired) electrons. The highest BCUT2D eigenvalue weighted by molar-refractivity contribution is 5.89. The molecule has 8 atom stereocenters. The summed E-state index contributed by atoms with van der Waals surface area (Å²) in [6.45, 7) is 21.0. The van der Waals surface area contributed by atoms with Crippen LogP contribution in [0.5, 0.6) is 5.75 Å². The highest BCUT2D eigenvalue weighted by Crippen LogP contribution is 2.67. The van der Waals surface area contributed by atoms with E-state index in [1.807, 2.05) is 48.5 Å². The van der Waals surface area contributed by atoms with Crippen molar-refractivity contribution in [3.63, 3.8) is 0 Å². The fraction of sp³-hybridized carbons (Fsp3) is 0.688. The van der Waals surface area contributed by atoms with Crippen LogP contribution in [0.3, 0.4) is 0 Å². The van der Waals surface area contributed by atoms with Crippen molar-refractivity contribution < 1.29 is 14.3 Å². The number of hydrogen-bond acceptors (Lipinski definition) is 6. The normalized spacial score (nSPS) is 29.8. The minimum Gasteiger partial charge on any atom is -0.494 e. The van der Waals surface area contributed by atoms with Crippen LogP contribution in [0.1, 0.15) is 142 Å². The molecule has 6 rings (SSSR count). The van der Waals surface area contributed by atoms with E-state index in [2.05, 4.69) is 69.7 Å². The van der Waals surface area contributed by atoms with E-state index >= 15 is 0 Å². The van der Waals surface area contributed by atoms with Gasteiger partial charge in [0, 0.05) is 6.42 Å². The number of carbonyl (C=O) groups is 1. The predicted octanol–water partition coefficient (Wildman–Crippen LogP) is 13.2. The summed E-state index contributed by atoms with van der Waals surface area (Å²) in [7, 11) is 0. The second-order valence-electron chi connectivity index (χ2n) is 18.4. The first-order valence-corrected chi connectivity index (χ1v) is 21.9. The summed E-state index contributed by atoms with van der Waals surface area (Å²) in [6, 6.07) is 15.0. The number of allylic oxidation sites excluding steroid dienone is 1. The zero-order valence-corrected chi connectivity index (χ0v) is 34.8. The van der Waals surface area contributed by atoms with Gasteiger partial charge in [0.25, 0.3) is 0 Å². The Morgan fingerprint density at radius 2 is 1.54 bits per heavy atom. The molecule has 0 aromatic heterocycles. The maximum Gasteiger partial charge on any atom is 0.338 e. The van der Waals surface area contributed by atoms with Crippen molar-refractivity contribution >= 4 is 17.3 Å². The van der Waals surface area contributed by atoms with Crippen LogP contribution >= 0.6 is 0 Å². The number of azo groups is 1. The lowest BCUT2D eigenvalue weighted by Gasteiger charge is -2.58.